The number of carbonyl (C=O) groups is 2. The quantitative estimate of drug-likeness (QED) is 0.728. The molecule has 0 aliphatic carbocycles. The maximum absolute atomic E-state index is 12.0. The molecule has 1 heterocycles. The van der Waals surface area contributed by atoms with E-state index in [9.17, 15) is 14.4 Å². The highest BCUT2D eigenvalue weighted by molar-refractivity contribution is 6.31. The molecule has 3 aromatic rings. The Labute approximate surface area is 146 Å². The van der Waals surface area contributed by atoms with Gasteiger partial charge in [0.05, 0.1) is 11.1 Å². The number of aromatic carboxylic acids is 1. The number of benzene rings is 2. The predicted molar refractivity (Wildman–Crippen MR) is 92.1 cm³/mol. The van der Waals surface area contributed by atoms with Crippen molar-refractivity contribution >= 4 is 40.3 Å². The fraction of sp³-hybridized carbons (Fsp3) is 0.118. The molecule has 7 nitrogen and oxygen atoms in total. The summed E-state index contributed by atoms with van der Waals surface area (Å²) in [4.78, 5) is 34.7. The number of fused-ring (bicyclic) bond motifs is 1. The van der Waals surface area contributed by atoms with Crippen LogP contribution >= 0.6 is 11.6 Å². The number of oxazole rings is 1. The SMILES string of the molecule is O=C(CCn1c(=O)oc2cc(Cl)ccc21)Nc1ccc(C(=O)O)cc1. The zero-order chi connectivity index (χ0) is 18.0. The first kappa shape index (κ1) is 16.8. The maximum Gasteiger partial charge on any atom is 0.419 e. The largest absolute Gasteiger partial charge is 0.478 e. The summed E-state index contributed by atoms with van der Waals surface area (Å²) in [7, 11) is 0. The number of carboxylic acids is 1. The van der Waals surface area contributed by atoms with Crippen LogP contribution in [0.15, 0.2) is 51.7 Å². The smallest absolute Gasteiger partial charge is 0.419 e. The van der Waals surface area contributed by atoms with Crippen molar-refractivity contribution in [2.45, 2.75) is 13.0 Å². The van der Waals surface area contributed by atoms with Crippen LogP contribution in [0.2, 0.25) is 5.02 Å². The topological polar surface area (TPSA) is 102 Å². The Bertz CT molecular complexity index is 1000. The van der Waals surface area contributed by atoms with Gasteiger partial charge < -0.3 is 14.8 Å². The molecule has 0 bridgehead atoms. The Morgan fingerprint density at radius 1 is 1.16 bits per heavy atom. The fourth-order valence-corrected chi connectivity index (χ4v) is 2.55. The van der Waals surface area contributed by atoms with Gasteiger partial charge in [-0.2, -0.15) is 0 Å². The van der Waals surface area contributed by atoms with Crippen molar-refractivity contribution in [3.8, 4) is 0 Å². The number of aromatic nitrogens is 1. The molecule has 0 saturated carbocycles. The van der Waals surface area contributed by atoms with Crippen LogP contribution < -0.4 is 11.1 Å². The zero-order valence-corrected chi connectivity index (χ0v) is 13.6. The second-order valence-corrected chi connectivity index (χ2v) is 5.75. The molecular formula is C17H13ClN2O5. The van der Waals surface area contributed by atoms with Gasteiger partial charge in [0.1, 0.15) is 0 Å². The molecule has 3 rings (SSSR count). The van der Waals surface area contributed by atoms with Crippen LogP contribution in [0.4, 0.5) is 5.69 Å². The molecule has 0 unspecified atom stereocenters. The van der Waals surface area contributed by atoms with E-state index in [1.807, 2.05) is 0 Å². The number of nitrogens with one attached hydrogen (secondary N) is 1. The molecule has 2 aromatic carbocycles. The summed E-state index contributed by atoms with van der Waals surface area (Å²) in [5, 5.41) is 11.9. The van der Waals surface area contributed by atoms with Gasteiger partial charge in [-0.3, -0.25) is 9.36 Å². The number of rotatable bonds is 5. The van der Waals surface area contributed by atoms with Gasteiger partial charge in [-0.1, -0.05) is 11.6 Å². The van der Waals surface area contributed by atoms with Crippen molar-refractivity contribution in [2.24, 2.45) is 0 Å². The highest BCUT2D eigenvalue weighted by Crippen LogP contribution is 2.18. The van der Waals surface area contributed by atoms with Crippen molar-refractivity contribution in [3.05, 3.63) is 63.6 Å². The summed E-state index contributed by atoms with van der Waals surface area (Å²) in [6, 6.07) is 10.6. The van der Waals surface area contributed by atoms with Gasteiger partial charge in [-0.05, 0) is 36.4 Å². The minimum Gasteiger partial charge on any atom is -0.478 e. The molecule has 0 spiro atoms. The summed E-state index contributed by atoms with van der Waals surface area (Å²) >= 11 is 5.86. The van der Waals surface area contributed by atoms with E-state index in [2.05, 4.69) is 5.32 Å². The molecular weight excluding hydrogens is 348 g/mol. The third-order valence-electron chi connectivity index (χ3n) is 3.61. The Morgan fingerprint density at radius 2 is 1.88 bits per heavy atom. The lowest BCUT2D eigenvalue weighted by Crippen LogP contribution is -2.19. The lowest BCUT2D eigenvalue weighted by molar-refractivity contribution is -0.116. The first-order valence-electron chi connectivity index (χ1n) is 7.36. The van der Waals surface area contributed by atoms with E-state index in [4.69, 9.17) is 21.1 Å². The van der Waals surface area contributed by atoms with Gasteiger partial charge in [0.25, 0.3) is 0 Å². The summed E-state index contributed by atoms with van der Waals surface area (Å²) in [6.45, 7) is 0.145. The Balaban J connectivity index is 1.67. The van der Waals surface area contributed by atoms with E-state index >= 15 is 0 Å². The second kappa shape index (κ2) is 6.82. The number of carbonyl (C=O) groups excluding carboxylic acids is 1. The van der Waals surface area contributed by atoms with Crippen LogP contribution in [-0.4, -0.2) is 21.6 Å². The van der Waals surface area contributed by atoms with Crippen LogP contribution in [0, 0.1) is 0 Å². The second-order valence-electron chi connectivity index (χ2n) is 5.31. The van der Waals surface area contributed by atoms with E-state index in [1.54, 1.807) is 18.2 Å². The third kappa shape index (κ3) is 3.72. The highest BCUT2D eigenvalue weighted by Gasteiger charge is 2.11. The van der Waals surface area contributed by atoms with Crippen LogP contribution in [0.1, 0.15) is 16.8 Å². The molecule has 2 N–H and O–H groups in total. The number of halogens is 1. The minimum absolute atomic E-state index is 0.0534. The number of hydrogen-bond acceptors (Lipinski definition) is 4. The van der Waals surface area contributed by atoms with E-state index in [0.717, 1.165) is 0 Å². The molecule has 128 valence electrons. The Morgan fingerprint density at radius 3 is 2.56 bits per heavy atom. The molecule has 0 fully saturated rings. The maximum atomic E-state index is 12.0. The van der Waals surface area contributed by atoms with Gasteiger partial charge in [-0.25, -0.2) is 9.59 Å². The highest BCUT2D eigenvalue weighted by atomic mass is 35.5. The Kier molecular flexibility index (Phi) is 4.58. The number of nitrogens with zero attached hydrogens (tertiary/aromatic N) is 1. The first-order chi connectivity index (χ1) is 11.9. The van der Waals surface area contributed by atoms with Crippen molar-refractivity contribution < 1.29 is 19.1 Å². The van der Waals surface area contributed by atoms with Gasteiger partial charge in [0, 0.05) is 29.7 Å². The monoisotopic (exact) mass is 360 g/mol. The van der Waals surface area contributed by atoms with E-state index in [0.29, 0.717) is 21.8 Å². The molecule has 8 heteroatoms. The number of aryl methyl sites for hydroxylation is 1. The van der Waals surface area contributed by atoms with Crippen LogP contribution in [-0.2, 0) is 11.3 Å². The van der Waals surface area contributed by atoms with Crippen molar-refractivity contribution in [3.63, 3.8) is 0 Å². The summed E-state index contributed by atoms with van der Waals surface area (Å²) < 4.78 is 6.46. The first-order valence-corrected chi connectivity index (χ1v) is 7.74. The Hall–Kier alpha value is -3.06. The van der Waals surface area contributed by atoms with Crippen LogP contribution in [0.5, 0.6) is 0 Å². The molecule has 0 aliphatic heterocycles. The van der Waals surface area contributed by atoms with Gasteiger partial charge in [0.2, 0.25) is 5.91 Å². The van der Waals surface area contributed by atoms with Crippen molar-refractivity contribution in [2.75, 3.05) is 5.32 Å². The molecule has 0 aliphatic rings. The number of hydrogen-bond donors (Lipinski definition) is 2. The van der Waals surface area contributed by atoms with Gasteiger partial charge >= 0.3 is 11.7 Å². The average molecular weight is 361 g/mol. The molecule has 1 amide bonds. The summed E-state index contributed by atoms with van der Waals surface area (Å²) in [5.74, 6) is -1.90. The van der Waals surface area contributed by atoms with E-state index < -0.39 is 11.7 Å². The lowest BCUT2D eigenvalue weighted by atomic mass is 10.2. The van der Waals surface area contributed by atoms with E-state index in [1.165, 1.54) is 28.8 Å². The molecule has 1 aromatic heterocycles. The van der Waals surface area contributed by atoms with Gasteiger partial charge in [-0.15, -0.1) is 0 Å². The van der Waals surface area contributed by atoms with Crippen LogP contribution in [0.3, 0.4) is 0 Å². The minimum atomic E-state index is -1.04. The number of anilines is 1. The number of amides is 1. The third-order valence-corrected chi connectivity index (χ3v) is 3.84. The average Bonchev–Trinajstić information content (AvgIpc) is 2.87. The summed E-state index contributed by atoms with van der Waals surface area (Å²) in [5.41, 5.74) is 1.54. The summed E-state index contributed by atoms with van der Waals surface area (Å²) in [6.07, 6.45) is 0.0534. The zero-order valence-electron chi connectivity index (χ0n) is 12.9. The molecule has 0 saturated heterocycles. The fourth-order valence-electron chi connectivity index (χ4n) is 2.38. The normalized spacial score (nSPS) is 10.8. The van der Waals surface area contributed by atoms with Crippen LogP contribution in [0.25, 0.3) is 11.1 Å². The molecule has 0 radical (unpaired) electrons. The van der Waals surface area contributed by atoms with Crippen molar-refractivity contribution in [1.29, 1.82) is 0 Å². The lowest BCUT2D eigenvalue weighted by Gasteiger charge is -2.06. The standard InChI is InChI=1S/C17H13ClN2O5/c18-11-3-6-13-14(9-11)25-17(24)20(13)8-7-15(21)19-12-4-1-10(2-5-12)16(22)23/h1-6,9H,7-8H2,(H,19,21)(H,22,23). The number of carboxylic acid groups (broad SMARTS) is 1. The van der Waals surface area contributed by atoms with E-state index in [-0.39, 0.29) is 24.4 Å². The molecule has 0 atom stereocenters. The van der Waals surface area contributed by atoms with Gasteiger partial charge in [0.15, 0.2) is 5.58 Å². The molecule has 25 heavy (non-hydrogen) atoms. The predicted octanol–water partition coefficient (Wildman–Crippen LogP) is 2.97. The van der Waals surface area contributed by atoms with Crippen molar-refractivity contribution in [1.82, 2.24) is 4.57 Å².